The Kier molecular flexibility index (Phi) is 6.61. The van der Waals surface area contributed by atoms with E-state index in [-0.39, 0.29) is 5.54 Å². The average Bonchev–Trinajstić information content (AvgIpc) is 2.61. The minimum atomic E-state index is 0.0720. The fourth-order valence-corrected chi connectivity index (χ4v) is 3.36. The van der Waals surface area contributed by atoms with Gasteiger partial charge >= 0.3 is 0 Å². The third-order valence-corrected chi connectivity index (χ3v) is 4.75. The molecule has 0 saturated carbocycles. The lowest BCUT2D eigenvalue weighted by Gasteiger charge is -2.41. The van der Waals surface area contributed by atoms with E-state index < -0.39 is 0 Å². The molecule has 0 aliphatic rings. The maximum atomic E-state index is 2.53. The Hall–Kier alpha value is -1.86. The first-order valence-electron chi connectivity index (χ1n) is 8.71. The van der Waals surface area contributed by atoms with Crippen LogP contribution in [0.4, 0.5) is 0 Å². The molecule has 1 nitrogen and oxygen atoms in total. The monoisotopic (exact) mass is 307 g/mol. The van der Waals surface area contributed by atoms with Gasteiger partial charge in [0.15, 0.2) is 0 Å². The predicted octanol–water partition coefficient (Wildman–Crippen LogP) is 5.74. The van der Waals surface area contributed by atoms with Crippen LogP contribution in [0, 0.1) is 0 Å². The first kappa shape index (κ1) is 17.5. The van der Waals surface area contributed by atoms with Crippen molar-refractivity contribution in [3.63, 3.8) is 0 Å². The van der Waals surface area contributed by atoms with Gasteiger partial charge in [-0.2, -0.15) is 0 Å². The van der Waals surface area contributed by atoms with Crippen LogP contribution in [0.5, 0.6) is 0 Å². The Morgan fingerprint density at radius 2 is 1.52 bits per heavy atom. The molecule has 122 valence electrons. The first-order chi connectivity index (χ1) is 11.2. The molecular weight excluding hydrogens is 278 g/mol. The van der Waals surface area contributed by atoms with Crippen LogP contribution in [0.25, 0.3) is 6.08 Å². The number of nitrogens with zero attached hydrogens (tertiary/aromatic N) is 1. The quantitative estimate of drug-likeness (QED) is 0.601. The van der Waals surface area contributed by atoms with E-state index in [1.807, 2.05) is 0 Å². The van der Waals surface area contributed by atoms with Crippen molar-refractivity contribution in [2.24, 2.45) is 0 Å². The van der Waals surface area contributed by atoms with Gasteiger partial charge in [0.2, 0.25) is 0 Å². The van der Waals surface area contributed by atoms with Crippen molar-refractivity contribution >= 4 is 6.08 Å². The summed E-state index contributed by atoms with van der Waals surface area (Å²) in [5, 5.41) is 0. The fourth-order valence-electron chi connectivity index (χ4n) is 3.36. The Labute approximate surface area is 141 Å². The number of hydrogen-bond acceptors (Lipinski definition) is 1. The van der Waals surface area contributed by atoms with E-state index >= 15 is 0 Å². The molecule has 0 spiro atoms. The van der Waals surface area contributed by atoms with Gasteiger partial charge in [0.25, 0.3) is 0 Å². The molecule has 0 aliphatic heterocycles. The molecule has 0 radical (unpaired) electrons. The van der Waals surface area contributed by atoms with Crippen LogP contribution >= 0.6 is 0 Å². The molecular formula is C22H29N. The normalized spacial score (nSPS) is 14.3. The van der Waals surface area contributed by atoms with Crippen LogP contribution in [-0.4, -0.2) is 18.5 Å². The first-order valence-corrected chi connectivity index (χ1v) is 8.71. The van der Waals surface area contributed by atoms with Crippen molar-refractivity contribution < 1.29 is 0 Å². The predicted molar refractivity (Wildman–Crippen MR) is 101 cm³/mol. The SMILES string of the molecule is CCCN(C)C(CC)(C/C=C/c1ccccc1)c1ccccc1. The molecule has 0 aliphatic carbocycles. The second-order valence-electron chi connectivity index (χ2n) is 6.19. The molecule has 1 heteroatoms. The molecule has 0 amide bonds. The van der Waals surface area contributed by atoms with Crippen molar-refractivity contribution in [2.75, 3.05) is 13.6 Å². The van der Waals surface area contributed by atoms with E-state index in [4.69, 9.17) is 0 Å². The standard InChI is InChI=1S/C22H29N/c1-4-19-23(3)22(5-2,21-16-10-7-11-17-21)18-12-15-20-13-8-6-9-14-20/h6-17H,4-5,18-19H2,1-3H3/b15-12+. The maximum Gasteiger partial charge on any atom is 0.0489 e. The molecule has 2 aromatic rings. The molecule has 1 unspecified atom stereocenters. The second kappa shape index (κ2) is 8.69. The van der Waals surface area contributed by atoms with E-state index in [2.05, 4.69) is 98.6 Å². The summed E-state index contributed by atoms with van der Waals surface area (Å²) in [7, 11) is 2.26. The van der Waals surface area contributed by atoms with Crippen molar-refractivity contribution in [1.82, 2.24) is 4.90 Å². The van der Waals surface area contributed by atoms with Gasteiger partial charge in [0.1, 0.15) is 0 Å². The zero-order chi connectivity index (χ0) is 16.5. The molecule has 2 rings (SSSR count). The average molecular weight is 307 g/mol. The van der Waals surface area contributed by atoms with Crippen LogP contribution in [0.1, 0.15) is 44.2 Å². The molecule has 0 fully saturated rings. The molecule has 0 aromatic heterocycles. The lowest BCUT2D eigenvalue weighted by atomic mass is 9.82. The summed E-state index contributed by atoms with van der Waals surface area (Å²) in [5.41, 5.74) is 2.75. The summed E-state index contributed by atoms with van der Waals surface area (Å²) in [6.07, 6.45) is 7.88. The van der Waals surface area contributed by atoms with E-state index in [0.717, 1.165) is 19.4 Å². The van der Waals surface area contributed by atoms with Crippen LogP contribution in [-0.2, 0) is 5.54 Å². The van der Waals surface area contributed by atoms with Gasteiger partial charge in [-0.05, 0) is 44.0 Å². The minimum absolute atomic E-state index is 0.0720. The highest BCUT2D eigenvalue weighted by molar-refractivity contribution is 5.49. The van der Waals surface area contributed by atoms with Crippen molar-refractivity contribution in [1.29, 1.82) is 0 Å². The number of rotatable bonds is 8. The Bertz CT molecular complexity index is 588. The lowest BCUT2D eigenvalue weighted by molar-refractivity contribution is 0.114. The van der Waals surface area contributed by atoms with Gasteiger partial charge in [-0.25, -0.2) is 0 Å². The van der Waals surface area contributed by atoms with E-state index in [1.54, 1.807) is 0 Å². The van der Waals surface area contributed by atoms with Crippen molar-refractivity contribution in [2.45, 2.75) is 38.6 Å². The topological polar surface area (TPSA) is 3.24 Å². The molecule has 0 N–H and O–H groups in total. The van der Waals surface area contributed by atoms with Crippen molar-refractivity contribution in [3.05, 3.63) is 77.9 Å². The zero-order valence-corrected chi connectivity index (χ0v) is 14.7. The highest BCUT2D eigenvalue weighted by Crippen LogP contribution is 2.35. The van der Waals surface area contributed by atoms with Gasteiger partial charge in [-0.15, -0.1) is 0 Å². The Balaban J connectivity index is 2.27. The van der Waals surface area contributed by atoms with Crippen LogP contribution in [0.15, 0.2) is 66.7 Å². The van der Waals surface area contributed by atoms with E-state index in [9.17, 15) is 0 Å². The van der Waals surface area contributed by atoms with Gasteiger partial charge in [-0.3, -0.25) is 4.90 Å². The summed E-state index contributed by atoms with van der Waals surface area (Å²) in [6.45, 7) is 5.67. The summed E-state index contributed by atoms with van der Waals surface area (Å²) in [4.78, 5) is 2.53. The largest absolute Gasteiger partial charge is 0.296 e. The molecule has 0 saturated heterocycles. The highest BCUT2D eigenvalue weighted by Gasteiger charge is 2.32. The van der Waals surface area contributed by atoms with Crippen molar-refractivity contribution in [3.8, 4) is 0 Å². The van der Waals surface area contributed by atoms with Gasteiger partial charge in [0, 0.05) is 5.54 Å². The second-order valence-corrected chi connectivity index (χ2v) is 6.19. The fraction of sp³-hybridized carbons (Fsp3) is 0.364. The number of hydrogen-bond donors (Lipinski definition) is 0. The zero-order valence-electron chi connectivity index (χ0n) is 14.7. The lowest BCUT2D eigenvalue weighted by Crippen LogP contribution is -2.43. The molecule has 23 heavy (non-hydrogen) atoms. The van der Waals surface area contributed by atoms with E-state index in [0.29, 0.717) is 0 Å². The summed E-state index contributed by atoms with van der Waals surface area (Å²) < 4.78 is 0. The van der Waals surface area contributed by atoms with Gasteiger partial charge in [-0.1, -0.05) is 86.7 Å². The van der Waals surface area contributed by atoms with Crippen LogP contribution < -0.4 is 0 Å². The Morgan fingerprint density at radius 1 is 0.913 bits per heavy atom. The van der Waals surface area contributed by atoms with Gasteiger partial charge < -0.3 is 0 Å². The Morgan fingerprint density at radius 3 is 2.09 bits per heavy atom. The summed E-state index contributed by atoms with van der Waals surface area (Å²) in [6, 6.07) is 21.5. The minimum Gasteiger partial charge on any atom is -0.296 e. The van der Waals surface area contributed by atoms with E-state index in [1.165, 1.54) is 17.5 Å². The third kappa shape index (κ3) is 4.33. The maximum absolute atomic E-state index is 2.53. The van der Waals surface area contributed by atoms with Crippen LogP contribution in [0.2, 0.25) is 0 Å². The van der Waals surface area contributed by atoms with Gasteiger partial charge in [0.05, 0.1) is 0 Å². The molecule has 0 heterocycles. The molecule has 0 bridgehead atoms. The third-order valence-electron chi connectivity index (χ3n) is 4.75. The number of benzene rings is 2. The molecule has 2 aromatic carbocycles. The summed E-state index contributed by atoms with van der Waals surface area (Å²) in [5.74, 6) is 0. The summed E-state index contributed by atoms with van der Waals surface area (Å²) >= 11 is 0. The highest BCUT2D eigenvalue weighted by atomic mass is 15.2. The smallest absolute Gasteiger partial charge is 0.0489 e. The van der Waals surface area contributed by atoms with Crippen LogP contribution in [0.3, 0.4) is 0 Å². The molecule has 1 atom stereocenters.